The Morgan fingerprint density at radius 1 is 0.952 bits per heavy atom. The quantitative estimate of drug-likeness (QED) is 0.889. The topological polar surface area (TPSA) is 76.7 Å². The molecule has 116 valence electrons. The van der Waals surface area contributed by atoms with E-state index in [2.05, 4.69) is 27.2 Å². The number of rotatable bonds is 4. The highest BCUT2D eigenvalue weighted by Crippen LogP contribution is 2.16. The second kappa shape index (κ2) is 11.6. The van der Waals surface area contributed by atoms with Crippen LogP contribution in [0.25, 0.3) is 11.4 Å². The Labute approximate surface area is 128 Å². The number of nitrogens with two attached hydrogens (primary N) is 1. The molecule has 0 aliphatic carbocycles. The fraction of sp³-hybridized carbons (Fsp3) is 0.438. The van der Waals surface area contributed by atoms with Crippen molar-refractivity contribution in [2.45, 2.75) is 41.0 Å². The molecule has 0 aliphatic heterocycles. The molecule has 1 aromatic heterocycles. The fourth-order valence-electron chi connectivity index (χ4n) is 1.42. The third-order valence-corrected chi connectivity index (χ3v) is 2.22. The molecule has 0 bridgehead atoms. The molecular weight excluding hydrogens is 262 g/mol. The average Bonchev–Trinajstić information content (AvgIpc) is 2.57. The lowest BCUT2D eigenvalue weighted by Crippen LogP contribution is -2.08. The van der Waals surface area contributed by atoms with Crippen molar-refractivity contribution in [3.63, 3.8) is 0 Å². The molecule has 0 fully saturated rings. The molecule has 0 amide bonds. The van der Waals surface area contributed by atoms with Crippen molar-refractivity contribution in [2.24, 2.45) is 0 Å². The summed E-state index contributed by atoms with van der Waals surface area (Å²) >= 11 is 0. The van der Waals surface area contributed by atoms with Gasteiger partial charge in [-0.05, 0) is 6.42 Å². The second-order valence-electron chi connectivity index (χ2n) is 3.63. The number of nitrogens with zero attached hydrogens (tertiary/aromatic N) is 3. The SMILES string of the molecule is CC.CC.CCCNc1nc(N)nc(-c2ccccc2)n1. The van der Waals surface area contributed by atoms with Crippen molar-refractivity contribution >= 4 is 11.9 Å². The molecule has 1 aromatic carbocycles. The lowest BCUT2D eigenvalue weighted by molar-refractivity contribution is 0.944. The minimum atomic E-state index is 0.234. The van der Waals surface area contributed by atoms with Gasteiger partial charge in [0.15, 0.2) is 5.82 Å². The smallest absolute Gasteiger partial charge is 0.228 e. The molecule has 1 heterocycles. The summed E-state index contributed by atoms with van der Waals surface area (Å²) in [5, 5.41) is 3.10. The molecule has 0 spiro atoms. The van der Waals surface area contributed by atoms with Crippen LogP contribution in [-0.2, 0) is 0 Å². The minimum absolute atomic E-state index is 0.234. The zero-order valence-electron chi connectivity index (χ0n) is 13.7. The summed E-state index contributed by atoms with van der Waals surface area (Å²) in [6, 6.07) is 9.71. The lowest BCUT2D eigenvalue weighted by atomic mass is 10.2. The minimum Gasteiger partial charge on any atom is -0.368 e. The van der Waals surface area contributed by atoms with Crippen LogP contribution in [0, 0.1) is 0 Å². The molecule has 5 heteroatoms. The Balaban J connectivity index is 0.000000921. The number of anilines is 2. The largest absolute Gasteiger partial charge is 0.368 e. The number of hydrogen-bond donors (Lipinski definition) is 2. The van der Waals surface area contributed by atoms with E-state index in [1.54, 1.807) is 0 Å². The van der Waals surface area contributed by atoms with Gasteiger partial charge in [0.2, 0.25) is 11.9 Å². The average molecular weight is 289 g/mol. The first-order chi connectivity index (χ1) is 10.3. The number of benzene rings is 1. The van der Waals surface area contributed by atoms with Crippen LogP contribution < -0.4 is 11.1 Å². The number of nitrogens with one attached hydrogen (secondary N) is 1. The molecule has 0 radical (unpaired) electrons. The van der Waals surface area contributed by atoms with Crippen LogP contribution in [0.3, 0.4) is 0 Å². The predicted molar refractivity (Wildman–Crippen MR) is 91.2 cm³/mol. The summed E-state index contributed by atoms with van der Waals surface area (Å²) in [4.78, 5) is 12.5. The van der Waals surface area contributed by atoms with Gasteiger partial charge < -0.3 is 11.1 Å². The number of aromatic nitrogens is 3. The molecule has 0 saturated carbocycles. The highest BCUT2D eigenvalue weighted by atomic mass is 15.2. The first-order valence-electron chi connectivity index (χ1n) is 7.60. The van der Waals surface area contributed by atoms with Crippen LogP contribution in [0.1, 0.15) is 41.0 Å². The molecule has 21 heavy (non-hydrogen) atoms. The van der Waals surface area contributed by atoms with Crippen LogP contribution in [0.15, 0.2) is 30.3 Å². The van der Waals surface area contributed by atoms with E-state index in [-0.39, 0.29) is 5.95 Å². The van der Waals surface area contributed by atoms with Gasteiger partial charge in [-0.15, -0.1) is 0 Å². The van der Waals surface area contributed by atoms with E-state index in [9.17, 15) is 0 Å². The van der Waals surface area contributed by atoms with E-state index in [4.69, 9.17) is 5.73 Å². The van der Waals surface area contributed by atoms with Gasteiger partial charge in [-0.3, -0.25) is 0 Å². The van der Waals surface area contributed by atoms with Crippen LogP contribution in [0.4, 0.5) is 11.9 Å². The Hall–Kier alpha value is -2.17. The zero-order chi connectivity index (χ0) is 16.1. The summed E-state index contributed by atoms with van der Waals surface area (Å²) in [7, 11) is 0. The highest BCUT2D eigenvalue weighted by molar-refractivity contribution is 5.57. The Morgan fingerprint density at radius 2 is 1.57 bits per heavy atom. The zero-order valence-corrected chi connectivity index (χ0v) is 13.7. The molecule has 0 unspecified atom stereocenters. The first-order valence-corrected chi connectivity index (χ1v) is 7.60. The Bertz CT molecular complexity index is 485. The van der Waals surface area contributed by atoms with Crippen molar-refractivity contribution < 1.29 is 0 Å². The maximum absolute atomic E-state index is 5.67. The lowest BCUT2D eigenvalue weighted by Gasteiger charge is -2.06. The second-order valence-corrected chi connectivity index (χ2v) is 3.63. The molecule has 0 saturated heterocycles. The van der Waals surface area contributed by atoms with Crippen LogP contribution >= 0.6 is 0 Å². The van der Waals surface area contributed by atoms with Gasteiger partial charge in [0.05, 0.1) is 0 Å². The van der Waals surface area contributed by atoms with Crippen molar-refractivity contribution in [1.82, 2.24) is 15.0 Å². The third kappa shape index (κ3) is 6.70. The van der Waals surface area contributed by atoms with Crippen LogP contribution in [0.2, 0.25) is 0 Å². The molecule has 3 N–H and O–H groups in total. The van der Waals surface area contributed by atoms with Gasteiger partial charge in [0.1, 0.15) is 0 Å². The van der Waals surface area contributed by atoms with E-state index in [1.165, 1.54) is 0 Å². The maximum Gasteiger partial charge on any atom is 0.228 e. The molecule has 0 aliphatic rings. The van der Waals surface area contributed by atoms with Gasteiger partial charge in [-0.2, -0.15) is 15.0 Å². The maximum atomic E-state index is 5.67. The van der Waals surface area contributed by atoms with E-state index < -0.39 is 0 Å². The predicted octanol–water partition coefficient (Wildman–Crippen LogP) is 4.00. The Morgan fingerprint density at radius 3 is 2.14 bits per heavy atom. The molecule has 2 aromatic rings. The summed E-state index contributed by atoms with van der Waals surface area (Å²) in [5.41, 5.74) is 6.60. The van der Waals surface area contributed by atoms with Gasteiger partial charge in [0, 0.05) is 12.1 Å². The van der Waals surface area contributed by atoms with Crippen molar-refractivity contribution in [3.8, 4) is 11.4 Å². The van der Waals surface area contributed by atoms with E-state index in [0.717, 1.165) is 18.5 Å². The first kappa shape index (κ1) is 18.8. The van der Waals surface area contributed by atoms with Crippen molar-refractivity contribution in [1.29, 1.82) is 0 Å². The monoisotopic (exact) mass is 289 g/mol. The molecule has 2 rings (SSSR count). The summed E-state index contributed by atoms with van der Waals surface area (Å²) in [6.07, 6.45) is 1.01. The van der Waals surface area contributed by atoms with Gasteiger partial charge in [-0.1, -0.05) is 65.0 Å². The summed E-state index contributed by atoms with van der Waals surface area (Å²) < 4.78 is 0. The standard InChI is InChI=1S/C12H15N5.2C2H6/c1-2-8-14-12-16-10(15-11(13)17-12)9-6-4-3-5-7-9;2*1-2/h3-7H,2,8H2,1H3,(H3,13,14,15,16,17);2*1-2H3. The Kier molecular flexibility index (Phi) is 10.4. The van der Waals surface area contributed by atoms with Gasteiger partial charge in [0.25, 0.3) is 0 Å². The normalized spacial score (nSPS) is 8.81. The summed E-state index contributed by atoms with van der Waals surface area (Å²) in [5.74, 6) is 1.35. The van der Waals surface area contributed by atoms with Gasteiger partial charge in [-0.25, -0.2) is 0 Å². The number of nitrogen functional groups attached to an aromatic ring is 1. The van der Waals surface area contributed by atoms with Gasteiger partial charge >= 0.3 is 0 Å². The summed E-state index contributed by atoms with van der Waals surface area (Å²) in [6.45, 7) is 10.9. The molecule has 0 atom stereocenters. The van der Waals surface area contributed by atoms with Crippen LogP contribution in [0.5, 0.6) is 0 Å². The fourth-order valence-corrected chi connectivity index (χ4v) is 1.42. The van der Waals surface area contributed by atoms with E-state index >= 15 is 0 Å². The highest BCUT2D eigenvalue weighted by Gasteiger charge is 2.05. The van der Waals surface area contributed by atoms with Crippen LogP contribution in [-0.4, -0.2) is 21.5 Å². The van der Waals surface area contributed by atoms with E-state index in [1.807, 2.05) is 58.0 Å². The third-order valence-electron chi connectivity index (χ3n) is 2.22. The van der Waals surface area contributed by atoms with Crippen molar-refractivity contribution in [2.75, 3.05) is 17.6 Å². The molecule has 5 nitrogen and oxygen atoms in total. The number of hydrogen-bond acceptors (Lipinski definition) is 5. The molecular formula is C16H27N5. The van der Waals surface area contributed by atoms with Crippen molar-refractivity contribution in [3.05, 3.63) is 30.3 Å². The van der Waals surface area contributed by atoms with E-state index in [0.29, 0.717) is 11.8 Å².